The van der Waals surface area contributed by atoms with Crippen molar-refractivity contribution in [2.75, 3.05) is 0 Å². The van der Waals surface area contributed by atoms with Crippen LogP contribution in [0.15, 0.2) is 14.7 Å². The molecule has 0 amide bonds. The van der Waals surface area contributed by atoms with Gasteiger partial charge in [0, 0.05) is 14.7 Å². The highest BCUT2D eigenvalue weighted by Gasteiger charge is 2.14. The van der Waals surface area contributed by atoms with E-state index in [-0.39, 0.29) is 0 Å². The van der Waals surface area contributed by atoms with Crippen LogP contribution in [0.4, 0.5) is 0 Å². The summed E-state index contributed by atoms with van der Waals surface area (Å²) in [6, 6.07) is 0. The molecule has 0 saturated heterocycles. The second-order valence-corrected chi connectivity index (χ2v) is 4.90. The smallest absolute Gasteiger partial charge is 0.303 e. The van der Waals surface area contributed by atoms with Gasteiger partial charge in [-0.15, -0.1) is 0 Å². The monoisotopic (exact) mass is 268 g/mol. The fourth-order valence-corrected chi connectivity index (χ4v) is 0.630. The van der Waals surface area contributed by atoms with Gasteiger partial charge in [-0.05, 0) is 31.2 Å². The lowest BCUT2D eigenvalue weighted by Crippen LogP contribution is -2.12. The molecule has 0 aliphatic heterocycles. The van der Waals surface area contributed by atoms with E-state index >= 15 is 0 Å². The van der Waals surface area contributed by atoms with Gasteiger partial charge in [0.2, 0.25) is 0 Å². The summed E-state index contributed by atoms with van der Waals surface area (Å²) in [5.74, 6) is 0. The molecule has 0 spiro atoms. The second-order valence-electron chi connectivity index (χ2n) is 1.81. The fourth-order valence-electron chi connectivity index (χ4n) is 0.210. The molecule has 14 nitrogen and oxygen atoms in total. The van der Waals surface area contributed by atoms with E-state index in [2.05, 4.69) is 45.9 Å². The molecule has 0 unspecified atom stereocenters. The summed E-state index contributed by atoms with van der Waals surface area (Å²) in [5, 5.41) is 0. The summed E-state index contributed by atoms with van der Waals surface area (Å²) in [6.45, 7) is 0. The Balaban J connectivity index is 0. The quantitative estimate of drug-likeness (QED) is 0.299. The third-order valence-corrected chi connectivity index (χ3v) is 1.41. The first-order chi connectivity index (χ1) is 7.18. The molecule has 16 heavy (non-hydrogen) atoms. The molecule has 0 aliphatic carbocycles. The zero-order chi connectivity index (χ0) is 13.2. The van der Waals surface area contributed by atoms with Gasteiger partial charge in [-0.25, -0.2) is 0 Å². The Morgan fingerprint density at radius 2 is 1.00 bits per heavy atom. The molecule has 0 aliphatic rings. The molecule has 0 radical (unpaired) electrons. The molecular weight excluding hydrogens is 262 g/mol. The van der Waals surface area contributed by atoms with Crippen LogP contribution in [0.2, 0.25) is 0 Å². The highest BCUT2D eigenvalue weighted by molar-refractivity contribution is 7.59. The Morgan fingerprint density at radius 1 is 0.812 bits per heavy atom. The maximum atomic E-state index is 10.8. The summed E-state index contributed by atoms with van der Waals surface area (Å²) in [5.41, 5.74) is 36.7. The maximum Gasteiger partial charge on any atom is 0.341 e. The molecule has 0 heterocycles. The molecule has 0 bridgehead atoms. The van der Waals surface area contributed by atoms with Crippen molar-refractivity contribution in [3.05, 3.63) is 31.3 Å². The van der Waals surface area contributed by atoms with E-state index in [1.165, 1.54) is 0 Å². The van der Waals surface area contributed by atoms with Crippen LogP contribution >= 0.6 is 15.2 Å². The third-order valence-electron chi connectivity index (χ3n) is 0.470. The molecule has 16 heteroatoms. The van der Waals surface area contributed by atoms with Crippen molar-refractivity contribution in [2.24, 2.45) is 31.2 Å². The Kier molecular flexibility index (Phi) is 7.87. The number of hydrogen-bond acceptors (Lipinski definition) is 2. The maximum absolute atomic E-state index is 10.8. The summed E-state index contributed by atoms with van der Waals surface area (Å²) < 4.78 is 20.3. The summed E-state index contributed by atoms with van der Waals surface area (Å²) in [4.78, 5) is 13.8. The van der Waals surface area contributed by atoms with E-state index in [0.29, 0.717) is 0 Å². The molecule has 0 fully saturated rings. The van der Waals surface area contributed by atoms with Crippen molar-refractivity contribution in [1.82, 2.24) is 0 Å². The summed E-state index contributed by atoms with van der Waals surface area (Å²) in [7, 11) is -7.23. The van der Waals surface area contributed by atoms with E-state index in [4.69, 9.17) is 16.6 Å². The molecule has 0 atom stereocenters. The predicted molar refractivity (Wildman–Crippen MR) is 55.2 cm³/mol. The summed E-state index contributed by atoms with van der Waals surface area (Å²) >= 11 is 0. The molecule has 88 valence electrons. The molecule has 0 aromatic rings. The fraction of sp³-hybridized carbons (Fsp3) is 0. The first-order valence-corrected chi connectivity index (χ1v) is 6.42. The van der Waals surface area contributed by atoms with Crippen LogP contribution in [0.3, 0.4) is 0 Å². The van der Waals surface area contributed by atoms with Crippen LogP contribution in [0.1, 0.15) is 0 Å². The van der Waals surface area contributed by atoms with Crippen LogP contribution < -0.4 is 16.5 Å². The van der Waals surface area contributed by atoms with Gasteiger partial charge in [0.25, 0.3) is 7.59 Å². The average molecular weight is 268 g/mol. The number of azide groups is 1. The van der Waals surface area contributed by atoms with Crippen molar-refractivity contribution >= 4 is 15.2 Å². The van der Waals surface area contributed by atoms with Crippen LogP contribution in [0.5, 0.6) is 0 Å². The minimum Gasteiger partial charge on any atom is -0.303 e. The van der Waals surface area contributed by atoms with Gasteiger partial charge >= 0.3 is 7.59 Å². The van der Waals surface area contributed by atoms with Gasteiger partial charge < -0.3 is 4.57 Å². The van der Waals surface area contributed by atoms with E-state index in [0.717, 1.165) is 0 Å². The minimum atomic E-state index is -4.09. The standard InChI is InChI=1S/N9OP.H6N3OP/c1-4-7-11(10,8-5-2)9-6-3;1-5(2,3)4/h;(H6,1,2,3,4). The van der Waals surface area contributed by atoms with Crippen molar-refractivity contribution in [3.63, 3.8) is 0 Å². The van der Waals surface area contributed by atoms with E-state index in [1.54, 1.807) is 0 Å². The van der Waals surface area contributed by atoms with Crippen molar-refractivity contribution < 1.29 is 9.13 Å². The largest absolute Gasteiger partial charge is 0.341 e. The number of nitrogens with two attached hydrogens (primary N) is 3. The first kappa shape index (κ1) is 16.7. The van der Waals surface area contributed by atoms with Crippen molar-refractivity contribution in [3.8, 4) is 0 Å². The predicted octanol–water partition coefficient (Wildman–Crippen LogP) is 2.00. The Bertz CT molecular complexity index is 389. The van der Waals surface area contributed by atoms with Gasteiger partial charge in [-0.2, -0.15) is 0 Å². The van der Waals surface area contributed by atoms with E-state index < -0.39 is 15.2 Å². The second kappa shape index (κ2) is 7.55. The lowest BCUT2D eigenvalue weighted by atomic mass is 13.0. The highest BCUT2D eigenvalue weighted by Crippen LogP contribution is 2.51. The topological polar surface area (TPSA) is 258 Å². The van der Waals surface area contributed by atoms with Gasteiger partial charge in [-0.3, -0.25) is 21.1 Å². The molecule has 0 aromatic heterocycles. The van der Waals surface area contributed by atoms with Crippen molar-refractivity contribution in [2.45, 2.75) is 0 Å². The molecule has 0 aromatic carbocycles. The summed E-state index contributed by atoms with van der Waals surface area (Å²) in [6.07, 6.45) is 0. The lowest BCUT2D eigenvalue weighted by molar-refractivity contribution is 0.576. The number of hydrogen-bond donors (Lipinski definition) is 3. The lowest BCUT2D eigenvalue weighted by Gasteiger charge is -1.89. The normalized spacial score (nSPS) is 12.4. The van der Waals surface area contributed by atoms with E-state index in [1.807, 2.05) is 0 Å². The van der Waals surface area contributed by atoms with Gasteiger partial charge in [-0.1, -0.05) is 0 Å². The SMILES string of the molecule is NP(N)(N)=O.[N-]=[N+]=NP(=O)(N=[N+]=[N-])N=[N+]=[N-]. The highest BCUT2D eigenvalue weighted by atomic mass is 31.2. The van der Waals surface area contributed by atoms with E-state index in [9.17, 15) is 9.13 Å². The van der Waals surface area contributed by atoms with Crippen molar-refractivity contribution in [1.29, 1.82) is 0 Å². The molecule has 6 N–H and O–H groups in total. The van der Waals surface area contributed by atoms with Crippen LogP contribution in [0.25, 0.3) is 31.3 Å². The zero-order valence-electron chi connectivity index (χ0n) is 7.47. The molecule has 0 saturated carbocycles. The molecule has 0 rings (SSSR count). The number of nitrogens with zero attached hydrogens (tertiary/aromatic N) is 9. The number of rotatable bonds is 3. The molecular formula is H6N12O2P2. The minimum absolute atomic E-state index is 2.08. The third kappa shape index (κ3) is 14.8. The zero-order valence-corrected chi connectivity index (χ0v) is 9.26. The average Bonchev–Trinajstić information content (AvgIpc) is 2.01. The Labute approximate surface area is 87.7 Å². The Morgan fingerprint density at radius 3 is 1.12 bits per heavy atom. The van der Waals surface area contributed by atoms with Gasteiger partial charge in [0.15, 0.2) is 0 Å². The first-order valence-electron chi connectivity index (χ1n) is 2.94. The van der Waals surface area contributed by atoms with Crippen LogP contribution in [0, 0.1) is 0 Å². The Hall–Kier alpha value is -1.73. The van der Waals surface area contributed by atoms with Gasteiger partial charge in [0.05, 0.1) is 0 Å². The van der Waals surface area contributed by atoms with Gasteiger partial charge in [0.1, 0.15) is 0 Å². The van der Waals surface area contributed by atoms with Crippen LogP contribution in [-0.2, 0) is 9.13 Å². The van der Waals surface area contributed by atoms with Crippen LogP contribution in [-0.4, -0.2) is 0 Å².